The molecule has 2 rings (SSSR count). The topological polar surface area (TPSA) is 46.6 Å². The van der Waals surface area contributed by atoms with E-state index in [1.807, 2.05) is 43.3 Å². The van der Waals surface area contributed by atoms with Gasteiger partial charge in [0.15, 0.2) is 0 Å². The van der Waals surface area contributed by atoms with E-state index in [0.717, 1.165) is 18.5 Å². The first-order chi connectivity index (χ1) is 10.2. The largest absolute Gasteiger partial charge is 0.469 e. The van der Waals surface area contributed by atoms with Gasteiger partial charge in [0.1, 0.15) is 0 Å². The molecule has 0 spiro atoms. The van der Waals surface area contributed by atoms with E-state index in [-0.39, 0.29) is 11.9 Å². The third-order valence-electron chi connectivity index (χ3n) is 3.80. The van der Waals surface area contributed by atoms with E-state index in [9.17, 15) is 9.59 Å². The van der Waals surface area contributed by atoms with Crippen LogP contribution in [0.15, 0.2) is 42.0 Å². The second-order valence-electron chi connectivity index (χ2n) is 5.05. The van der Waals surface area contributed by atoms with Crippen LogP contribution in [-0.4, -0.2) is 25.5 Å². The highest BCUT2D eigenvalue weighted by Crippen LogP contribution is 2.29. The summed E-state index contributed by atoms with van der Waals surface area (Å²) in [4.78, 5) is 26.4. The highest BCUT2D eigenvalue weighted by atomic mass is 16.5. The molecule has 0 radical (unpaired) electrons. The maximum absolute atomic E-state index is 12.8. The second kappa shape index (κ2) is 7.07. The fourth-order valence-electron chi connectivity index (χ4n) is 2.71. The molecule has 0 N–H and O–H groups in total. The Morgan fingerprint density at radius 2 is 2.00 bits per heavy atom. The third-order valence-corrected chi connectivity index (χ3v) is 3.80. The smallest absolute Gasteiger partial charge is 0.313 e. The van der Waals surface area contributed by atoms with Crippen LogP contribution in [0.4, 0.5) is 5.69 Å². The number of hydrogen-bond donors (Lipinski definition) is 0. The van der Waals surface area contributed by atoms with E-state index < -0.39 is 5.92 Å². The number of para-hydroxylation sites is 1. The van der Waals surface area contributed by atoms with Crippen molar-refractivity contribution in [3.8, 4) is 0 Å². The molecule has 1 atom stereocenters. The van der Waals surface area contributed by atoms with Gasteiger partial charge in [-0.1, -0.05) is 24.3 Å². The molecule has 21 heavy (non-hydrogen) atoms. The lowest BCUT2D eigenvalue weighted by molar-refractivity contribution is -0.145. The van der Waals surface area contributed by atoms with Crippen molar-refractivity contribution < 1.29 is 14.3 Å². The Kier molecular flexibility index (Phi) is 5.14. The van der Waals surface area contributed by atoms with Crippen molar-refractivity contribution in [1.82, 2.24) is 0 Å². The van der Waals surface area contributed by atoms with Crippen LogP contribution >= 0.6 is 0 Å². The first-order valence-corrected chi connectivity index (χ1v) is 7.33. The number of likely N-dealkylation sites (N-methyl/N-ethyl adjacent to an activating group) is 1. The lowest BCUT2D eigenvalue weighted by Crippen LogP contribution is -2.37. The lowest BCUT2D eigenvalue weighted by Gasteiger charge is -2.27. The normalized spacial score (nSPS) is 17.8. The highest BCUT2D eigenvalue weighted by Gasteiger charge is 2.32. The first-order valence-electron chi connectivity index (χ1n) is 7.33. The summed E-state index contributed by atoms with van der Waals surface area (Å²) < 4.78 is 4.84. The highest BCUT2D eigenvalue weighted by molar-refractivity contribution is 6.08. The summed E-state index contributed by atoms with van der Waals surface area (Å²) in [7, 11) is 1.37. The Bertz CT molecular complexity index is 536. The molecular formula is C17H21NO3. The minimum absolute atomic E-state index is 0.0983. The number of anilines is 1. The molecule has 0 saturated carbocycles. The summed E-state index contributed by atoms with van der Waals surface area (Å²) in [5, 5.41) is 0. The average Bonchev–Trinajstić information content (AvgIpc) is 2.55. The summed E-state index contributed by atoms with van der Waals surface area (Å²) in [5.41, 5.74) is 1.42. The number of allylic oxidation sites excluding steroid dienone is 1. The Labute approximate surface area is 125 Å². The molecule has 112 valence electrons. The van der Waals surface area contributed by atoms with E-state index in [1.165, 1.54) is 7.11 Å². The molecule has 1 amide bonds. The number of rotatable bonds is 4. The number of nitrogens with zero attached hydrogens (tertiary/aromatic N) is 1. The van der Waals surface area contributed by atoms with Gasteiger partial charge in [-0.2, -0.15) is 0 Å². The summed E-state index contributed by atoms with van der Waals surface area (Å²) in [6.07, 6.45) is 4.31. The SMILES string of the molecule is CCN(C(=O)C1=CCCCC1C(=O)OC)c1ccccc1. The number of hydrogen-bond acceptors (Lipinski definition) is 3. The molecule has 0 saturated heterocycles. The van der Waals surface area contributed by atoms with Gasteiger partial charge < -0.3 is 9.64 Å². The van der Waals surface area contributed by atoms with Gasteiger partial charge in [0, 0.05) is 17.8 Å². The van der Waals surface area contributed by atoms with Crippen molar-refractivity contribution in [1.29, 1.82) is 0 Å². The van der Waals surface area contributed by atoms with Crippen LogP contribution < -0.4 is 4.90 Å². The molecule has 4 nitrogen and oxygen atoms in total. The van der Waals surface area contributed by atoms with Crippen LogP contribution in [-0.2, 0) is 14.3 Å². The van der Waals surface area contributed by atoms with E-state index >= 15 is 0 Å². The number of carbonyl (C=O) groups is 2. The fraction of sp³-hybridized carbons (Fsp3) is 0.412. The Balaban J connectivity index is 2.28. The number of carbonyl (C=O) groups excluding carboxylic acids is 2. The van der Waals surface area contributed by atoms with Crippen molar-refractivity contribution in [3.05, 3.63) is 42.0 Å². The van der Waals surface area contributed by atoms with Crippen LogP contribution in [0.2, 0.25) is 0 Å². The van der Waals surface area contributed by atoms with Crippen molar-refractivity contribution in [2.75, 3.05) is 18.6 Å². The molecule has 1 aliphatic rings. The number of amides is 1. The molecule has 0 bridgehead atoms. The number of esters is 1. The van der Waals surface area contributed by atoms with Crippen molar-refractivity contribution in [2.45, 2.75) is 26.2 Å². The predicted octanol–water partition coefficient (Wildman–Crippen LogP) is 2.94. The molecule has 0 heterocycles. The standard InChI is InChI=1S/C17H21NO3/c1-3-18(13-9-5-4-6-10-13)16(19)14-11-7-8-12-15(14)17(20)21-2/h4-6,9-11,15H,3,7-8,12H2,1-2H3. The Hall–Kier alpha value is -2.10. The van der Waals surface area contributed by atoms with Crippen LogP contribution in [0.25, 0.3) is 0 Å². The molecule has 0 aliphatic heterocycles. The van der Waals surface area contributed by atoms with Crippen LogP contribution in [0.5, 0.6) is 0 Å². The number of methoxy groups -OCH3 is 1. The molecule has 0 fully saturated rings. The summed E-state index contributed by atoms with van der Waals surface area (Å²) >= 11 is 0. The van der Waals surface area contributed by atoms with Gasteiger partial charge >= 0.3 is 5.97 Å². The number of benzene rings is 1. The van der Waals surface area contributed by atoms with Gasteiger partial charge in [0.2, 0.25) is 0 Å². The van der Waals surface area contributed by atoms with Gasteiger partial charge in [-0.05, 0) is 38.3 Å². The molecule has 1 aromatic carbocycles. The van der Waals surface area contributed by atoms with Gasteiger partial charge in [-0.3, -0.25) is 9.59 Å². The molecule has 0 aromatic heterocycles. The predicted molar refractivity (Wildman–Crippen MR) is 81.9 cm³/mol. The van der Waals surface area contributed by atoms with E-state index in [2.05, 4.69) is 0 Å². The van der Waals surface area contributed by atoms with E-state index in [4.69, 9.17) is 4.74 Å². The van der Waals surface area contributed by atoms with Crippen molar-refractivity contribution >= 4 is 17.6 Å². The second-order valence-corrected chi connectivity index (χ2v) is 5.05. The first kappa shape index (κ1) is 15.3. The summed E-state index contributed by atoms with van der Waals surface area (Å²) in [5.74, 6) is -0.855. The third kappa shape index (κ3) is 3.32. The maximum atomic E-state index is 12.8. The lowest BCUT2D eigenvalue weighted by atomic mass is 9.86. The van der Waals surface area contributed by atoms with E-state index in [0.29, 0.717) is 18.5 Å². The number of ether oxygens (including phenoxy) is 1. The molecule has 1 aromatic rings. The van der Waals surface area contributed by atoms with Crippen LogP contribution in [0, 0.1) is 5.92 Å². The average molecular weight is 287 g/mol. The van der Waals surface area contributed by atoms with Crippen molar-refractivity contribution in [2.24, 2.45) is 5.92 Å². The van der Waals surface area contributed by atoms with Crippen molar-refractivity contribution in [3.63, 3.8) is 0 Å². The van der Waals surface area contributed by atoms with Crippen LogP contribution in [0.1, 0.15) is 26.2 Å². The van der Waals surface area contributed by atoms with E-state index in [1.54, 1.807) is 4.90 Å². The van der Waals surface area contributed by atoms with Crippen LogP contribution in [0.3, 0.4) is 0 Å². The molecule has 1 aliphatic carbocycles. The minimum Gasteiger partial charge on any atom is -0.469 e. The zero-order valence-corrected chi connectivity index (χ0v) is 12.5. The molecule has 1 unspecified atom stereocenters. The Morgan fingerprint density at radius 3 is 2.62 bits per heavy atom. The zero-order valence-electron chi connectivity index (χ0n) is 12.5. The fourth-order valence-corrected chi connectivity index (χ4v) is 2.71. The van der Waals surface area contributed by atoms with Gasteiger partial charge in [-0.15, -0.1) is 0 Å². The quantitative estimate of drug-likeness (QED) is 0.800. The monoisotopic (exact) mass is 287 g/mol. The summed E-state index contributed by atoms with van der Waals surface area (Å²) in [6, 6.07) is 9.52. The zero-order chi connectivity index (χ0) is 15.2. The van der Waals surface area contributed by atoms with Gasteiger partial charge in [-0.25, -0.2) is 0 Å². The van der Waals surface area contributed by atoms with Gasteiger partial charge in [0.25, 0.3) is 5.91 Å². The molecular weight excluding hydrogens is 266 g/mol. The minimum atomic E-state index is -0.436. The molecule has 4 heteroatoms. The Morgan fingerprint density at radius 1 is 1.29 bits per heavy atom. The van der Waals surface area contributed by atoms with Gasteiger partial charge in [0.05, 0.1) is 13.0 Å². The maximum Gasteiger partial charge on any atom is 0.313 e. The summed E-state index contributed by atoms with van der Waals surface area (Å²) in [6.45, 7) is 2.50.